The van der Waals surface area contributed by atoms with E-state index in [-0.39, 0.29) is 5.78 Å². The number of benzene rings is 1. The zero-order chi connectivity index (χ0) is 14.4. The van der Waals surface area contributed by atoms with Crippen LogP contribution in [-0.4, -0.2) is 30.3 Å². The van der Waals surface area contributed by atoms with Crippen LogP contribution in [0.2, 0.25) is 0 Å². The summed E-state index contributed by atoms with van der Waals surface area (Å²) >= 11 is 0. The Balaban J connectivity index is 1.92. The lowest BCUT2D eigenvalue weighted by atomic mass is 9.98. The highest BCUT2D eigenvalue weighted by atomic mass is 16.1. The maximum absolute atomic E-state index is 12.3. The fraction of sp³-hybridized carbons (Fsp3) is 0.529. The van der Waals surface area contributed by atoms with Crippen molar-refractivity contribution in [3.05, 3.63) is 35.4 Å². The monoisotopic (exact) mass is 270 g/mol. The smallest absolute Gasteiger partial charge is 0.176 e. The van der Waals surface area contributed by atoms with Gasteiger partial charge >= 0.3 is 0 Å². The van der Waals surface area contributed by atoms with Crippen LogP contribution in [-0.2, 0) is 0 Å². The van der Waals surface area contributed by atoms with Gasteiger partial charge in [-0.15, -0.1) is 0 Å². The predicted molar refractivity (Wildman–Crippen MR) is 79.6 cm³/mol. The predicted octanol–water partition coefficient (Wildman–Crippen LogP) is 3.25. The number of hydrogen-bond acceptors (Lipinski definition) is 3. The molecule has 1 aliphatic rings. The first-order chi connectivity index (χ1) is 9.72. The topological polar surface area (TPSA) is 44.1 Å². The first kappa shape index (κ1) is 14.7. The van der Waals surface area contributed by atoms with Crippen molar-refractivity contribution in [2.75, 3.05) is 19.6 Å². The molecular weight excluding hydrogens is 248 g/mol. The lowest BCUT2D eigenvalue weighted by Crippen LogP contribution is -2.31. The SMILES string of the molecule is CCC1CCCN(CC(=O)c2ccc(C#N)cc2)CC1. The minimum Gasteiger partial charge on any atom is -0.296 e. The largest absolute Gasteiger partial charge is 0.296 e. The van der Waals surface area contributed by atoms with E-state index in [0.29, 0.717) is 17.7 Å². The molecule has 106 valence electrons. The molecule has 1 heterocycles. The molecule has 0 aliphatic carbocycles. The summed E-state index contributed by atoms with van der Waals surface area (Å²) < 4.78 is 0. The molecule has 0 bridgehead atoms. The lowest BCUT2D eigenvalue weighted by Gasteiger charge is -2.19. The molecular formula is C17H22N2O. The van der Waals surface area contributed by atoms with Crippen molar-refractivity contribution in [2.24, 2.45) is 5.92 Å². The van der Waals surface area contributed by atoms with Gasteiger partial charge in [0, 0.05) is 5.56 Å². The van der Waals surface area contributed by atoms with Gasteiger partial charge in [-0.1, -0.05) is 25.5 Å². The molecule has 1 unspecified atom stereocenters. The highest BCUT2D eigenvalue weighted by molar-refractivity contribution is 5.97. The second-order valence-electron chi connectivity index (χ2n) is 5.59. The van der Waals surface area contributed by atoms with Crippen molar-refractivity contribution in [1.82, 2.24) is 4.90 Å². The Morgan fingerprint density at radius 2 is 2.05 bits per heavy atom. The number of nitrogens with zero attached hydrogens (tertiary/aromatic N) is 2. The fourth-order valence-corrected chi connectivity index (χ4v) is 2.82. The first-order valence-electron chi connectivity index (χ1n) is 7.48. The standard InChI is InChI=1S/C17H22N2O/c1-2-14-4-3-10-19(11-9-14)13-17(20)16-7-5-15(12-18)6-8-16/h5-8,14H,2-4,9-11,13H2,1H3. The van der Waals surface area contributed by atoms with Crippen LogP contribution in [0.25, 0.3) is 0 Å². The maximum Gasteiger partial charge on any atom is 0.176 e. The molecule has 1 aromatic rings. The van der Waals surface area contributed by atoms with Gasteiger partial charge in [0.2, 0.25) is 0 Å². The minimum atomic E-state index is 0.157. The van der Waals surface area contributed by atoms with E-state index in [9.17, 15) is 4.79 Å². The number of nitriles is 1. The van der Waals surface area contributed by atoms with Gasteiger partial charge in [0.15, 0.2) is 5.78 Å². The van der Waals surface area contributed by atoms with E-state index in [2.05, 4.69) is 17.9 Å². The third-order valence-electron chi connectivity index (χ3n) is 4.22. The Labute approximate surface area is 121 Å². The summed E-state index contributed by atoms with van der Waals surface area (Å²) in [6, 6.07) is 9.01. The molecule has 1 atom stereocenters. The van der Waals surface area contributed by atoms with Crippen molar-refractivity contribution in [2.45, 2.75) is 32.6 Å². The maximum atomic E-state index is 12.3. The fourth-order valence-electron chi connectivity index (χ4n) is 2.82. The molecule has 20 heavy (non-hydrogen) atoms. The van der Waals surface area contributed by atoms with E-state index < -0.39 is 0 Å². The molecule has 3 heteroatoms. The van der Waals surface area contributed by atoms with E-state index in [4.69, 9.17) is 5.26 Å². The molecule has 0 radical (unpaired) electrons. The Hall–Kier alpha value is -1.66. The average molecular weight is 270 g/mol. The van der Waals surface area contributed by atoms with Crippen molar-refractivity contribution >= 4 is 5.78 Å². The number of Topliss-reactive ketones (excluding diaryl/α,β-unsaturated/α-hetero) is 1. The van der Waals surface area contributed by atoms with Crippen LogP contribution in [0.15, 0.2) is 24.3 Å². The van der Waals surface area contributed by atoms with Crippen LogP contribution in [0.4, 0.5) is 0 Å². The van der Waals surface area contributed by atoms with Crippen molar-refractivity contribution < 1.29 is 4.79 Å². The second kappa shape index (κ2) is 7.21. The normalized spacial score (nSPS) is 20.1. The highest BCUT2D eigenvalue weighted by Gasteiger charge is 2.18. The summed E-state index contributed by atoms with van der Waals surface area (Å²) in [5.41, 5.74) is 1.31. The van der Waals surface area contributed by atoms with E-state index >= 15 is 0 Å². The zero-order valence-electron chi connectivity index (χ0n) is 12.1. The molecule has 1 fully saturated rings. The molecule has 0 aromatic heterocycles. The Morgan fingerprint density at radius 1 is 1.30 bits per heavy atom. The third-order valence-corrected chi connectivity index (χ3v) is 4.22. The Morgan fingerprint density at radius 3 is 2.70 bits per heavy atom. The number of rotatable bonds is 4. The summed E-state index contributed by atoms with van der Waals surface area (Å²) in [7, 11) is 0. The van der Waals surface area contributed by atoms with Crippen LogP contribution >= 0.6 is 0 Å². The Kier molecular flexibility index (Phi) is 5.31. The van der Waals surface area contributed by atoms with Gasteiger partial charge in [0.25, 0.3) is 0 Å². The number of carbonyl (C=O) groups excluding carboxylic acids is 1. The van der Waals surface area contributed by atoms with Gasteiger partial charge in [-0.3, -0.25) is 9.69 Å². The van der Waals surface area contributed by atoms with E-state index in [1.807, 2.05) is 0 Å². The summed E-state index contributed by atoms with van der Waals surface area (Å²) in [4.78, 5) is 14.5. The summed E-state index contributed by atoms with van der Waals surface area (Å²) in [5, 5.41) is 8.76. The molecule has 0 amide bonds. The molecule has 1 saturated heterocycles. The molecule has 2 rings (SSSR count). The van der Waals surface area contributed by atoms with Gasteiger partial charge in [0.1, 0.15) is 0 Å². The van der Waals surface area contributed by atoms with Crippen molar-refractivity contribution in [3.8, 4) is 6.07 Å². The van der Waals surface area contributed by atoms with E-state index in [1.165, 1.54) is 25.7 Å². The van der Waals surface area contributed by atoms with E-state index in [0.717, 1.165) is 19.0 Å². The second-order valence-corrected chi connectivity index (χ2v) is 5.59. The van der Waals surface area contributed by atoms with E-state index in [1.54, 1.807) is 24.3 Å². The number of hydrogen-bond donors (Lipinski definition) is 0. The minimum absolute atomic E-state index is 0.157. The summed E-state index contributed by atoms with van der Waals surface area (Å²) in [6.45, 7) is 4.81. The number of ketones is 1. The van der Waals surface area contributed by atoms with Gasteiger partial charge in [0.05, 0.1) is 18.2 Å². The van der Waals surface area contributed by atoms with Crippen LogP contribution in [0.5, 0.6) is 0 Å². The van der Waals surface area contributed by atoms with Crippen molar-refractivity contribution in [3.63, 3.8) is 0 Å². The van der Waals surface area contributed by atoms with Crippen LogP contribution in [0.1, 0.15) is 48.5 Å². The van der Waals surface area contributed by atoms with Gasteiger partial charge in [-0.25, -0.2) is 0 Å². The number of carbonyl (C=O) groups is 1. The highest BCUT2D eigenvalue weighted by Crippen LogP contribution is 2.20. The third kappa shape index (κ3) is 3.91. The van der Waals surface area contributed by atoms with Gasteiger partial charge < -0.3 is 0 Å². The molecule has 1 aromatic carbocycles. The summed E-state index contributed by atoms with van der Waals surface area (Å²) in [5.74, 6) is 0.981. The lowest BCUT2D eigenvalue weighted by molar-refractivity contribution is 0.0932. The summed E-state index contributed by atoms with van der Waals surface area (Å²) in [6.07, 6.45) is 4.94. The molecule has 0 N–H and O–H groups in total. The zero-order valence-corrected chi connectivity index (χ0v) is 12.1. The first-order valence-corrected chi connectivity index (χ1v) is 7.48. The van der Waals surface area contributed by atoms with Crippen LogP contribution in [0.3, 0.4) is 0 Å². The molecule has 1 aliphatic heterocycles. The quantitative estimate of drug-likeness (QED) is 0.789. The number of likely N-dealkylation sites (tertiary alicyclic amines) is 1. The van der Waals surface area contributed by atoms with Gasteiger partial charge in [-0.05, 0) is 50.4 Å². The molecule has 0 saturated carbocycles. The van der Waals surface area contributed by atoms with Crippen LogP contribution < -0.4 is 0 Å². The van der Waals surface area contributed by atoms with Crippen LogP contribution in [0, 0.1) is 17.2 Å². The Bertz CT molecular complexity index is 487. The van der Waals surface area contributed by atoms with Gasteiger partial charge in [-0.2, -0.15) is 5.26 Å². The molecule has 0 spiro atoms. The van der Waals surface area contributed by atoms with Crippen molar-refractivity contribution in [1.29, 1.82) is 5.26 Å². The average Bonchev–Trinajstić information content (AvgIpc) is 2.72. The molecule has 3 nitrogen and oxygen atoms in total.